The Bertz CT molecular complexity index is 423. The van der Waals surface area contributed by atoms with Crippen molar-refractivity contribution in [2.45, 2.75) is 25.6 Å². The van der Waals surface area contributed by atoms with Crippen LogP contribution in [0.3, 0.4) is 0 Å². The summed E-state index contributed by atoms with van der Waals surface area (Å²) in [6.07, 6.45) is 2.62. The summed E-state index contributed by atoms with van der Waals surface area (Å²) in [6.45, 7) is 2.91. The molecule has 0 atom stereocenters. The summed E-state index contributed by atoms with van der Waals surface area (Å²) >= 11 is 0. The van der Waals surface area contributed by atoms with Crippen LogP contribution in [0.2, 0.25) is 0 Å². The predicted octanol–water partition coefficient (Wildman–Crippen LogP) is 2.59. The van der Waals surface area contributed by atoms with Crippen molar-refractivity contribution in [3.63, 3.8) is 0 Å². The number of methoxy groups -OCH3 is 2. The quantitative estimate of drug-likeness (QED) is 0.572. The van der Waals surface area contributed by atoms with Crippen LogP contribution >= 0.6 is 0 Å². The normalized spacial score (nSPS) is 17.3. The van der Waals surface area contributed by atoms with E-state index in [1.165, 1.54) is 0 Å². The van der Waals surface area contributed by atoms with Crippen LogP contribution in [0.4, 0.5) is 0 Å². The van der Waals surface area contributed by atoms with Crippen molar-refractivity contribution < 1.29 is 14.3 Å². The number of ether oxygens (including phenoxy) is 2. The molecule has 1 aliphatic heterocycles. The first kappa shape index (κ1) is 16.1. The monoisotopic (exact) mass is 291 g/mol. The van der Waals surface area contributed by atoms with Gasteiger partial charge in [0.15, 0.2) is 12.1 Å². The zero-order valence-corrected chi connectivity index (χ0v) is 13.0. The lowest BCUT2D eigenvalue weighted by atomic mass is 9.89. The highest BCUT2D eigenvalue weighted by atomic mass is 16.7. The first-order chi connectivity index (χ1) is 10.2. The van der Waals surface area contributed by atoms with Crippen molar-refractivity contribution >= 4 is 5.78 Å². The molecule has 1 aliphatic rings. The molecule has 0 amide bonds. The Kier molecular flexibility index (Phi) is 6.36. The number of carbonyl (C=O) groups excluding carboxylic acids is 1. The Morgan fingerprint density at radius 3 is 2.38 bits per heavy atom. The molecule has 0 N–H and O–H groups in total. The Hall–Kier alpha value is -1.23. The molecule has 1 aromatic rings. The summed E-state index contributed by atoms with van der Waals surface area (Å²) < 4.78 is 10.4. The molecule has 0 radical (unpaired) electrons. The summed E-state index contributed by atoms with van der Waals surface area (Å²) in [5.74, 6) is 0.464. The molecule has 1 aromatic carbocycles. The zero-order valence-electron chi connectivity index (χ0n) is 13.0. The summed E-state index contributed by atoms with van der Waals surface area (Å²) in [5.41, 5.74) is 0.842. The lowest BCUT2D eigenvalue weighted by Gasteiger charge is -2.31. The average molecular weight is 291 g/mol. The Morgan fingerprint density at radius 2 is 1.81 bits per heavy atom. The largest absolute Gasteiger partial charge is 0.356 e. The highest BCUT2D eigenvalue weighted by Gasteiger charge is 2.25. The lowest BCUT2D eigenvalue weighted by molar-refractivity contribution is -0.109. The molecule has 0 aromatic heterocycles. The molecule has 4 nitrogen and oxygen atoms in total. The minimum absolute atomic E-state index is 0.131. The number of ketones is 1. The average Bonchev–Trinajstić information content (AvgIpc) is 2.56. The van der Waals surface area contributed by atoms with E-state index in [2.05, 4.69) is 4.90 Å². The van der Waals surface area contributed by atoms with Gasteiger partial charge in [0.25, 0.3) is 0 Å². The zero-order chi connectivity index (χ0) is 15.1. The first-order valence-electron chi connectivity index (χ1n) is 7.61. The first-order valence-corrected chi connectivity index (χ1v) is 7.61. The molecule has 0 aliphatic carbocycles. The van der Waals surface area contributed by atoms with E-state index in [-0.39, 0.29) is 12.2 Å². The second-order valence-electron chi connectivity index (χ2n) is 5.54. The number of benzene rings is 1. The molecule has 0 bridgehead atoms. The van der Waals surface area contributed by atoms with E-state index in [1.807, 2.05) is 30.3 Å². The lowest BCUT2D eigenvalue weighted by Crippen LogP contribution is -2.38. The van der Waals surface area contributed by atoms with Gasteiger partial charge < -0.3 is 14.4 Å². The van der Waals surface area contributed by atoms with Crippen LogP contribution in [0.15, 0.2) is 30.3 Å². The molecule has 0 spiro atoms. The van der Waals surface area contributed by atoms with Gasteiger partial charge in [-0.1, -0.05) is 30.3 Å². The second kappa shape index (κ2) is 8.27. The number of piperidine rings is 1. The second-order valence-corrected chi connectivity index (χ2v) is 5.54. The predicted molar refractivity (Wildman–Crippen MR) is 82.4 cm³/mol. The van der Waals surface area contributed by atoms with Gasteiger partial charge in [-0.3, -0.25) is 4.79 Å². The van der Waals surface area contributed by atoms with Crippen molar-refractivity contribution in [3.8, 4) is 0 Å². The third-order valence-electron chi connectivity index (χ3n) is 4.22. The van der Waals surface area contributed by atoms with Crippen LogP contribution in [0, 0.1) is 5.92 Å². The van der Waals surface area contributed by atoms with E-state index in [0.717, 1.165) is 44.5 Å². The van der Waals surface area contributed by atoms with Crippen molar-refractivity contribution in [3.05, 3.63) is 35.9 Å². The number of carbonyl (C=O) groups is 1. The van der Waals surface area contributed by atoms with Gasteiger partial charge in [-0.25, -0.2) is 0 Å². The van der Waals surface area contributed by atoms with E-state index in [4.69, 9.17) is 9.47 Å². The topological polar surface area (TPSA) is 38.8 Å². The Morgan fingerprint density at radius 1 is 1.19 bits per heavy atom. The van der Waals surface area contributed by atoms with Gasteiger partial charge in [0.2, 0.25) is 0 Å². The van der Waals surface area contributed by atoms with Crippen LogP contribution in [0.1, 0.15) is 29.6 Å². The van der Waals surface area contributed by atoms with Gasteiger partial charge in [-0.2, -0.15) is 0 Å². The molecule has 116 valence electrons. The van der Waals surface area contributed by atoms with E-state index in [1.54, 1.807) is 14.2 Å². The fourth-order valence-corrected chi connectivity index (χ4v) is 2.88. The van der Waals surface area contributed by atoms with Gasteiger partial charge in [0.05, 0.1) is 0 Å². The maximum Gasteiger partial charge on any atom is 0.166 e. The molecule has 4 heteroatoms. The third kappa shape index (κ3) is 4.63. The molecule has 1 saturated heterocycles. The SMILES string of the molecule is COC(CCN1CCC(C(=O)c2ccccc2)CC1)OC. The highest BCUT2D eigenvalue weighted by molar-refractivity contribution is 5.97. The maximum absolute atomic E-state index is 12.4. The van der Waals surface area contributed by atoms with Crippen LogP contribution in [-0.4, -0.2) is 50.8 Å². The van der Waals surface area contributed by atoms with E-state index in [9.17, 15) is 4.79 Å². The van der Waals surface area contributed by atoms with E-state index >= 15 is 0 Å². The maximum atomic E-state index is 12.4. The van der Waals surface area contributed by atoms with Crippen molar-refractivity contribution in [2.24, 2.45) is 5.92 Å². The molecule has 1 fully saturated rings. The molecule has 0 saturated carbocycles. The Labute approximate surface area is 127 Å². The van der Waals surface area contributed by atoms with Crippen molar-refractivity contribution in [2.75, 3.05) is 33.9 Å². The highest BCUT2D eigenvalue weighted by Crippen LogP contribution is 2.22. The Balaban J connectivity index is 1.77. The van der Waals surface area contributed by atoms with Gasteiger partial charge in [-0.15, -0.1) is 0 Å². The molecular formula is C17H25NO3. The molecule has 1 heterocycles. The molecule has 2 rings (SSSR count). The third-order valence-corrected chi connectivity index (χ3v) is 4.22. The standard InChI is InChI=1S/C17H25NO3/c1-20-16(21-2)10-13-18-11-8-15(9-12-18)17(19)14-6-4-3-5-7-14/h3-7,15-16H,8-13H2,1-2H3. The summed E-state index contributed by atoms with van der Waals surface area (Å²) in [6, 6.07) is 9.63. The number of nitrogens with zero attached hydrogens (tertiary/aromatic N) is 1. The number of rotatable bonds is 7. The number of likely N-dealkylation sites (tertiary alicyclic amines) is 1. The summed E-state index contributed by atoms with van der Waals surface area (Å²) in [4.78, 5) is 14.8. The minimum atomic E-state index is -0.131. The fourth-order valence-electron chi connectivity index (χ4n) is 2.88. The molecule has 21 heavy (non-hydrogen) atoms. The van der Waals surface area contributed by atoms with Crippen LogP contribution < -0.4 is 0 Å². The van der Waals surface area contributed by atoms with Gasteiger partial charge in [-0.05, 0) is 25.9 Å². The number of hydrogen-bond donors (Lipinski definition) is 0. The van der Waals surface area contributed by atoms with Crippen LogP contribution in [0.25, 0.3) is 0 Å². The van der Waals surface area contributed by atoms with Gasteiger partial charge >= 0.3 is 0 Å². The van der Waals surface area contributed by atoms with Crippen LogP contribution in [0.5, 0.6) is 0 Å². The summed E-state index contributed by atoms with van der Waals surface area (Å²) in [7, 11) is 3.33. The van der Waals surface area contributed by atoms with Crippen molar-refractivity contribution in [1.82, 2.24) is 4.90 Å². The van der Waals surface area contributed by atoms with Gasteiger partial charge in [0.1, 0.15) is 0 Å². The smallest absolute Gasteiger partial charge is 0.166 e. The number of Topliss-reactive ketones (excluding diaryl/α,β-unsaturated/α-hetero) is 1. The summed E-state index contributed by atoms with van der Waals surface area (Å²) in [5, 5.41) is 0. The molecular weight excluding hydrogens is 266 g/mol. The van der Waals surface area contributed by atoms with E-state index < -0.39 is 0 Å². The van der Waals surface area contributed by atoms with Crippen molar-refractivity contribution in [1.29, 1.82) is 0 Å². The van der Waals surface area contributed by atoms with Crippen LogP contribution in [-0.2, 0) is 9.47 Å². The van der Waals surface area contributed by atoms with E-state index in [0.29, 0.717) is 5.78 Å². The minimum Gasteiger partial charge on any atom is -0.356 e. The van der Waals surface area contributed by atoms with Gasteiger partial charge in [0, 0.05) is 38.7 Å². The fraction of sp³-hybridized carbons (Fsp3) is 0.588. The number of hydrogen-bond acceptors (Lipinski definition) is 4. The molecule has 0 unspecified atom stereocenters.